The van der Waals surface area contributed by atoms with Crippen LogP contribution >= 0.6 is 27.5 Å². The second-order valence-corrected chi connectivity index (χ2v) is 5.73. The van der Waals surface area contributed by atoms with Gasteiger partial charge in [0, 0.05) is 6.61 Å². The van der Waals surface area contributed by atoms with Gasteiger partial charge < -0.3 is 4.74 Å². The minimum atomic E-state index is -0.0773. The Balaban J connectivity index is 3.09. The van der Waals surface area contributed by atoms with Gasteiger partial charge in [-0.2, -0.15) is 0 Å². The van der Waals surface area contributed by atoms with Crippen molar-refractivity contribution in [3.63, 3.8) is 0 Å². The van der Waals surface area contributed by atoms with Crippen molar-refractivity contribution in [2.24, 2.45) is 5.92 Å². The SMILES string of the molecule is CCOC(CC)c1nc(Cl)c(Br)c(CC(C)C)n1. The largest absolute Gasteiger partial charge is 0.371 e. The van der Waals surface area contributed by atoms with E-state index in [1.165, 1.54) is 0 Å². The van der Waals surface area contributed by atoms with Crippen LogP contribution in [0.4, 0.5) is 0 Å². The summed E-state index contributed by atoms with van der Waals surface area (Å²) in [6.45, 7) is 8.99. The molecule has 0 aliphatic carbocycles. The van der Waals surface area contributed by atoms with Gasteiger partial charge in [-0.1, -0.05) is 32.4 Å². The molecule has 0 bridgehead atoms. The molecule has 1 unspecified atom stereocenters. The molecule has 0 N–H and O–H groups in total. The summed E-state index contributed by atoms with van der Waals surface area (Å²) in [7, 11) is 0. The van der Waals surface area contributed by atoms with Gasteiger partial charge in [0.15, 0.2) is 5.82 Å². The Hall–Kier alpha value is -0.190. The van der Waals surface area contributed by atoms with Crippen molar-refractivity contribution >= 4 is 27.5 Å². The Morgan fingerprint density at radius 3 is 2.44 bits per heavy atom. The fraction of sp³-hybridized carbons (Fsp3) is 0.692. The van der Waals surface area contributed by atoms with Crippen molar-refractivity contribution < 1.29 is 4.74 Å². The first-order chi connectivity index (χ1) is 8.49. The first-order valence-corrected chi connectivity index (χ1v) is 7.50. The Bertz CT molecular complexity index is 399. The average molecular weight is 336 g/mol. The lowest BCUT2D eigenvalue weighted by Gasteiger charge is -2.16. The summed E-state index contributed by atoms with van der Waals surface area (Å²) in [6, 6.07) is 0. The maximum atomic E-state index is 6.15. The summed E-state index contributed by atoms with van der Waals surface area (Å²) in [5.74, 6) is 1.20. The maximum absolute atomic E-state index is 6.15. The molecule has 0 radical (unpaired) electrons. The second kappa shape index (κ2) is 7.41. The molecule has 0 amide bonds. The number of aromatic nitrogens is 2. The van der Waals surface area contributed by atoms with E-state index in [2.05, 4.69) is 46.7 Å². The van der Waals surface area contributed by atoms with E-state index in [1.807, 2.05) is 6.92 Å². The van der Waals surface area contributed by atoms with Crippen LogP contribution in [-0.2, 0) is 11.2 Å². The van der Waals surface area contributed by atoms with Gasteiger partial charge in [0.2, 0.25) is 0 Å². The number of hydrogen-bond acceptors (Lipinski definition) is 3. The quantitative estimate of drug-likeness (QED) is 0.714. The van der Waals surface area contributed by atoms with Crippen molar-refractivity contribution in [1.29, 1.82) is 0 Å². The molecule has 0 aliphatic rings. The molecule has 1 heterocycles. The van der Waals surface area contributed by atoms with Gasteiger partial charge in [0.05, 0.1) is 10.2 Å². The lowest BCUT2D eigenvalue weighted by atomic mass is 10.1. The lowest BCUT2D eigenvalue weighted by molar-refractivity contribution is 0.0532. The number of nitrogens with zero attached hydrogens (tertiary/aromatic N) is 2. The van der Waals surface area contributed by atoms with E-state index in [0.29, 0.717) is 23.5 Å². The van der Waals surface area contributed by atoms with Crippen LogP contribution in [0.25, 0.3) is 0 Å². The van der Waals surface area contributed by atoms with Crippen LogP contribution in [-0.4, -0.2) is 16.6 Å². The van der Waals surface area contributed by atoms with Crippen LogP contribution in [0.15, 0.2) is 4.47 Å². The summed E-state index contributed by atoms with van der Waals surface area (Å²) in [6.07, 6.45) is 1.64. The molecule has 0 saturated carbocycles. The van der Waals surface area contributed by atoms with E-state index in [1.54, 1.807) is 0 Å². The van der Waals surface area contributed by atoms with Crippen molar-refractivity contribution in [3.8, 4) is 0 Å². The maximum Gasteiger partial charge on any atom is 0.159 e. The van der Waals surface area contributed by atoms with E-state index in [0.717, 1.165) is 23.0 Å². The van der Waals surface area contributed by atoms with Crippen LogP contribution in [0.2, 0.25) is 5.15 Å². The minimum absolute atomic E-state index is 0.0773. The lowest BCUT2D eigenvalue weighted by Crippen LogP contribution is -2.11. The van der Waals surface area contributed by atoms with Gasteiger partial charge >= 0.3 is 0 Å². The summed E-state index contributed by atoms with van der Waals surface area (Å²) in [5, 5.41) is 0.466. The van der Waals surface area contributed by atoms with Gasteiger partial charge in [-0.25, -0.2) is 9.97 Å². The summed E-state index contributed by atoms with van der Waals surface area (Å²) in [5.41, 5.74) is 0.957. The molecule has 1 atom stereocenters. The van der Waals surface area contributed by atoms with Gasteiger partial charge in [0.25, 0.3) is 0 Å². The Labute approximate surface area is 122 Å². The smallest absolute Gasteiger partial charge is 0.159 e. The predicted molar refractivity (Wildman–Crippen MR) is 77.9 cm³/mol. The molecule has 0 aromatic carbocycles. The molecule has 3 nitrogen and oxygen atoms in total. The van der Waals surface area contributed by atoms with Gasteiger partial charge in [-0.15, -0.1) is 0 Å². The molecule has 0 fully saturated rings. The fourth-order valence-electron chi connectivity index (χ4n) is 1.72. The monoisotopic (exact) mass is 334 g/mol. The standard InChI is InChI=1S/C13H20BrClN2O/c1-5-10(18-6-2)13-16-9(7-8(3)4)11(14)12(15)17-13/h8,10H,5-7H2,1-4H3. The molecule has 0 aliphatic heterocycles. The molecule has 102 valence electrons. The second-order valence-electron chi connectivity index (χ2n) is 4.58. The van der Waals surface area contributed by atoms with E-state index >= 15 is 0 Å². The van der Waals surface area contributed by atoms with Crippen LogP contribution in [0.3, 0.4) is 0 Å². The van der Waals surface area contributed by atoms with Gasteiger partial charge in [0.1, 0.15) is 11.3 Å². The number of halogens is 2. The van der Waals surface area contributed by atoms with Gasteiger partial charge in [-0.05, 0) is 41.6 Å². The van der Waals surface area contributed by atoms with Gasteiger partial charge in [-0.3, -0.25) is 0 Å². The van der Waals surface area contributed by atoms with Crippen LogP contribution in [0.5, 0.6) is 0 Å². The van der Waals surface area contributed by atoms with E-state index in [4.69, 9.17) is 16.3 Å². The third kappa shape index (κ3) is 4.18. The fourth-order valence-corrected chi connectivity index (χ4v) is 2.26. The van der Waals surface area contributed by atoms with Crippen molar-refractivity contribution in [2.45, 2.75) is 46.6 Å². The highest BCUT2D eigenvalue weighted by molar-refractivity contribution is 9.10. The van der Waals surface area contributed by atoms with E-state index in [-0.39, 0.29) is 6.10 Å². The third-order valence-corrected chi connectivity index (χ3v) is 3.86. The van der Waals surface area contributed by atoms with E-state index in [9.17, 15) is 0 Å². The summed E-state index contributed by atoms with van der Waals surface area (Å²) < 4.78 is 6.43. The normalized spacial score (nSPS) is 13.1. The first kappa shape index (κ1) is 15.9. The van der Waals surface area contributed by atoms with Crippen LogP contribution in [0.1, 0.15) is 51.7 Å². The molecule has 0 spiro atoms. The highest BCUT2D eigenvalue weighted by atomic mass is 79.9. The summed E-state index contributed by atoms with van der Waals surface area (Å²) in [4.78, 5) is 8.91. The number of ether oxygens (including phenoxy) is 1. The predicted octanol–water partition coefficient (Wildman–Crippen LogP) is 4.58. The molecule has 1 aromatic rings. The highest BCUT2D eigenvalue weighted by Crippen LogP contribution is 2.28. The molecule has 1 aromatic heterocycles. The molecule has 0 saturated heterocycles. The topological polar surface area (TPSA) is 35.0 Å². The molecular formula is C13H20BrClN2O. The number of rotatable bonds is 6. The molecule has 18 heavy (non-hydrogen) atoms. The van der Waals surface area contributed by atoms with Crippen LogP contribution in [0, 0.1) is 5.92 Å². The third-order valence-electron chi connectivity index (χ3n) is 2.52. The summed E-state index contributed by atoms with van der Waals surface area (Å²) >= 11 is 9.61. The first-order valence-electron chi connectivity index (χ1n) is 6.32. The number of hydrogen-bond donors (Lipinski definition) is 0. The zero-order valence-corrected chi connectivity index (χ0v) is 13.7. The molecular weight excluding hydrogens is 316 g/mol. The average Bonchev–Trinajstić information content (AvgIpc) is 2.31. The molecule has 1 rings (SSSR count). The Morgan fingerprint density at radius 1 is 1.28 bits per heavy atom. The van der Waals surface area contributed by atoms with E-state index < -0.39 is 0 Å². The minimum Gasteiger partial charge on any atom is -0.371 e. The molecule has 5 heteroatoms. The Kier molecular flexibility index (Phi) is 6.53. The van der Waals surface area contributed by atoms with Crippen LogP contribution < -0.4 is 0 Å². The Morgan fingerprint density at radius 2 is 1.94 bits per heavy atom. The van der Waals surface area contributed by atoms with Crippen molar-refractivity contribution in [1.82, 2.24) is 9.97 Å². The zero-order chi connectivity index (χ0) is 13.7. The van der Waals surface area contributed by atoms with Crippen molar-refractivity contribution in [3.05, 3.63) is 21.1 Å². The highest BCUT2D eigenvalue weighted by Gasteiger charge is 2.18. The van der Waals surface area contributed by atoms with Crippen molar-refractivity contribution in [2.75, 3.05) is 6.61 Å². The zero-order valence-electron chi connectivity index (χ0n) is 11.3.